The second-order valence-corrected chi connectivity index (χ2v) is 4.26. The highest BCUT2D eigenvalue weighted by atomic mass is 79.9. The maximum absolute atomic E-state index is 8.74. The number of benzene rings is 1. The lowest BCUT2D eigenvalue weighted by molar-refractivity contribution is 0.304. The van der Waals surface area contributed by atoms with E-state index in [4.69, 9.17) is 10.00 Å². The van der Waals surface area contributed by atoms with Gasteiger partial charge in [-0.1, -0.05) is 6.07 Å². The Morgan fingerprint density at radius 2 is 2.24 bits per heavy atom. The van der Waals surface area contributed by atoms with Crippen LogP contribution < -0.4 is 4.74 Å². The Balaban J connectivity index is 2.08. The predicted octanol–water partition coefficient (Wildman–Crippen LogP) is 3.29. The molecule has 0 aliphatic heterocycles. The third kappa shape index (κ3) is 3.05. The van der Waals surface area contributed by atoms with Gasteiger partial charge in [0.05, 0.1) is 16.1 Å². The fourth-order valence-corrected chi connectivity index (χ4v) is 1.83. The van der Waals surface area contributed by atoms with Crippen LogP contribution in [0.4, 0.5) is 0 Å². The molecule has 3 nitrogen and oxygen atoms in total. The summed E-state index contributed by atoms with van der Waals surface area (Å²) in [6.07, 6.45) is 3.48. The van der Waals surface area contributed by atoms with E-state index < -0.39 is 0 Å². The Kier molecular flexibility index (Phi) is 3.73. The number of hydrogen-bond donors (Lipinski definition) is 0. The van der Waals surface area contributed by atoms with Gasteiger partial charge >= 0.3 is 0 Å². The van der Waals surface area contributed by atoms with Crippen LogP contribution in [0.3, 0.4) is 0 Å². The molecule has 2 aromatic rings. The number of halogens is 1. The quantitative estimate of drug-likeness (QED) is 0.871. The Bertz CT molecular complexity index is 549. The van der Waals surface area contributed by atoms with Crippen molar-refractivity contribution in [2.75, 3.05) is 0 Å². The summed E-state index contributed by atoms with van der Waals surface area (Å²) in [6, 6.07) is 11.1. The maximum atomic E-state index is 8.74. The van der Waals surface area contributed by atoms with Crippen LogP contribution in [0.15, 0.2) is 47.2 Å². The molecule has 17 heavy (non-hydrogen) atoms. The molecule has 84 valence electrons. The summed E-state index contributed by atoms with van der Waals surface area (Å²) < 4.78 is 6.40. The summed E-state index contributed by atoms with van der Waals surface area (Å²) in [5, 5.41) is 8.74. The van der Waals surface area contributed by atoms with E-state index in [2.05, 4.69) is 27.0 Å². The van der Waals surface area contributed by atoms with Gasteiger partial charge in [-0.25, -0.2) is 0 Å². The van der Waals surface area contributed by atoms with E-state index in [1.807, 2.05) is 12.1 Å². The number of aromatic nitrogens is 1. The van der Waals surface area contributed by atoms with Crippen molar-refractivity contribution in [3.05, 3.63) is 58.3 Å². The molecule has 0 saturated heterocycles. The van der Waals surface area contributed by atoms with Crippen molar-refractivity contribution in [2.24, 2.45) is 0 Å². The predicted molar refractivity (Wildman–Crippen MR) is 67.4 cm³/mol. The van der Waals surface area contributed by atoms with Gasteiger partial charge in [0.1, 0.15) is 12.4 Å². The Labute approximate surface area is 108 Å². The van der Waals surface area contributed by atoms with Gasteiger partial charge in [-0.15, -0.1) is 0 Å². The lowest BCUT2D eigenvalue weighted by Gasteiger charge is -2.07. The highest BCUT2D eigenvalue weighted by Crippen LogP contribution is 2.26. The number of pyridine rings is 1. The molecule has 0 bridgehead atoms. The van der Waals surface area contributed by atoms with Gasteiger partial charge in [-0.05, 0) is 40.2 Å². The van der Waals surface area contributed by atoms with Crippen LogP contribution in [0.2, 0.25) is 0 Å². The van der Waals surface area contributed by atoms with Crippen LogP contribution in [0.5, 0.6) is 5.75 Å². The minimum absolute atomic E-state index is 0.457. The second-order valence-electron chi connectivity index (χ2n) is 3.41. The second kappa shape index (κ2) is 5.46. The van der Waals surface area contributed by atoms with Crippen LogP contribution >= 0.6 is 15.9 Å². The molecule has 1 heterocycles. The average molecular weight is 289 g/mol. The summed E-state index contributed by atoms with van der Waals surface area (Å²) in [5.74, 6) is 0.716. The van der Waals surface area contributed by atoms with E-state index in [-0.39, 0.29) is 0 Å². The van der Waals surface area contributed by atoms with Crippen LogP contribution in [0, 0.1) is 11.3 Å². The van der Waals surface area contributed by atoms with Crippen LogP contribution in [0.1, 0.15) is 11.1 Å². The van der Waals surface area contributed by atoms with E-state index in [0.717, 1.165) is 10.0 Å². The summed E-state index contributed by atoms with van der Waals surface area (Å²) in [4.78, 5) is 4.01. The molecule has 1 aromatic carbocycles. The molecular weight excluding hydrogens is 280 g/mol. The third-order valence-corrected chi connectivity index (χ3v) is 2.80. The first-order valence-electron chi connectivity index (χ1n) is 5.01. The topological polar surface area (TPSA) is 45.9 Å². The minimum Gasteiger partial charge on any atom is -0.488 e. The third-order valence-electron chi connectivity index (χ3n) is 2.18. The van der Waals surface area contributed by atoms with E-state index in [1.165, 1.54) is 0 Å². The molecule has 0 saturated carbocycles. The molecule has 0 unspecified atom stereocenters. The molecule has 2 rings (SSSR count). The van der Waals surface area contributed by atoms with E-state index in [0.29, 0.717) is 17.9 Å². The Morgan fingerprint density at radius 1 is 1.35 bits per heavy atom. The standard InChI is InChI=1S/C13H9BrN2O/c14-12-6-10(7-15)3-4-13(12)17-9-11-2-1-5-16-8-11/h1-6,8H,9H2. The van der Waals surface area contributed by atoms with Crippen molar-refractivity contribution in [3.8, 4) is 11.8 Å². The van der Waals surface area contributed by atoms with Crippen molar-refractivity contribution in [1.82, 2.24) is 4.98 Å². The number of hydrogen-bond acceptors (Lipinski definition) is 3. The fraction of sp³-hybridized carbons (Fsp3) is 0.0769. The summed E-state index contributed by atoms with van der Waals surface area (Å²) in [7, 11) is 0. The molecule has 0 spiro atoms. The molecule has 4 heteroatoms. The lowest BCUT2D eigenvalue weighted by atomic mass is 10.2. The van der Waals surface area contributed by atoms with E-state index >= 15 is 0 Å². The van der Waals surface area contributed by atoms with Gasteiger partial charge in [0.2, 0.25) is 0 Å². The number of ether oxygens (including phenoxy) is 1. The number of rotatable bonds is 3. The maximum Gasteiger partial charge on any atom is 0.134 e. The van der Waals surface area contributed by atoms with Crippen molar-refractivity contribution < 1.29 is 4.74 Å². The highest BCUT2D eigenvalue weighted by molar-refractivity contribution is 9.10. The van der Waals surface area contributed by atoms with Gasteiger partial charge in [0.25, 0.3) is 0 Å². The van der Waals surface area contributed by atoms with Crippen molar-refractivity contribution in [3.63, 3.8) is 0 Å². The molecular formula is C13H9BrN2O. The molecule has 0 amide bonds. The number of nitriles is 1. The molecule has 0 radical (unpaired) electrons. The van der Waals surface area contributed by atoms with Crippen molar-refractivity contribution in [1.29, 1.82) is 5.26 Å². The Hall–Kier alpha value is -1.86. The van der Waals surface area contributed by atoms with Gasteiger partial charge in [-0.3, -0.25) is 4.98 Å². The Morgan fingerprint density at radius 3 is 2.88 bits per heavy atom. The normalized spacial score (nSPS) is 9.65. The summed E-state index contributed by atoms with van der Waals surface area (Å²) >= 11 is 3.37. The first-order chi connectivity index (χ1) is 8.29. The smallest absolute Gasteiger partial charge is 0.134 e. The van der Waals surface area contributed by atoms with Gasteiger partial charge in [0.15, 0.2) is 0 Å². The monoisotopic (exact) mass is 288 g/mol. The highest BCUT2D eigenvalue weighted by Gasteiger charge is 2.02. The summed E-state index contributed by atoms with van der Waals surface area (Å²) in [6.45, 7) is 0.457. The largest absolute Gasteiger partial charge is 0.488 e. The van der Waals surface area contributed by atoms with Gasteiger partial charge in [-0.2, -0.15) is 5.26 Å². The van der Waals surface area contributed by atoms with E-state index in [9.17, 15) is 0 Å². The van der Waals surface area contributed by atoms with Gasteiger partial charge in [0, 0.05) is 18.0 Å². The van der Waals surface area contributed by atoms with Crippen molar-refractivity contribution >= 4 is 15.9 Å². The minimum atomic E-state index is 0.457. The fourth-order valence-electron chi connectivity index (χ4n) is 1.33. The van der Waals surface area contributed by atoms with Crippen LogP contribution in [0.25, 0.3) is 0 Å². The van der Waals surface area contributed by atoms with E-state index in [1.54, 1.807) is 30.6 Å². The van der Waals surface area contributed by atoms with Crippen LogP contribution in [-0.2, 0) is 6.61 Å². The van der Waals surface area contributed by atoms with Gasteiger partial charge < -0.3 is 4.74 Å². The average Bonchev–Trinajstić information content (AvgIpc) is 2.38. The number of nitrogens with zero attached hydrogens (tertiary/aromatic N) is 2. The summed E-state index contributed by atoms with van der Waals surface area (Å²) in [5.41, 5.74) is 1.61. The molecule has 0 atom stereocenters. The SMILES string of the molecule is N#Cc1ccc(OCc2cccnc2)c(Br)c1. The first kappa shape index (κ1) is 11.6. The zero-order chi connectivity index (χ0) is 12.1. The lowest BCUT2D eigenvalue weighted by Crippen LogP contribution is -1.96. The zero-order valence-corrected chi connectivity index (χ0v) is 10.5. The van der Waals surface area contributed by atoms with Crippen molar-refractivity contribution in [2.45, 2.75) is 6.61 Å². The molecule has 1 aromatic heterocycles. The molecule has 0 aliphatic carbocycles. The zero-order valence-electron chi connectivity index (χ0n) is 8.93. The first-order valence-corrected chi connectivity index (χ1v) is 5.80. The molecule has 0 fully saturated rings. The molecule has 0 N–H and O–H groups in total. The molecule has 0 aliphatic rings. The van der Waals surface area contributed by atoms with Crippen LogP contribution in [-0.4, -0.2) is 4.98 Å².